The molecule has 0 atom stereocenters. The van der Waals surface area contributed by atoms with Crippen molar-refractivity contribution in [2.45, 2.75) is 32.4 Å². The molecule has 2 aromatic carbocycles. The first kappa shape index (κ1) is 22.2. The highest BCUT2D eigenvalue weighted by atomic mass is 19.1. The Bertz CT molecular complexity index is 833. The average molecular weight is 415 g/mol. The fourth-order valence-corrected chi connectivity index (χ4v) is 3.85. The fraction of sp³-hybridized carbons (Fsp3) is 0.458. The number of morpholine rings is 1. The summed E-state index contributed by atoms with van der Waals surface area (Å²) in [7, 11) is 1.64. The second kappa shape index (κ2) is 10.0. The third kappa shape index (κ3) is 5.37. The minimum absolute atomic E-state index is 0.0671. The molecule has 0 radical (unpaired) electrons. The lowest BCUT2D eigenvalue weighted by atomic mass is 9.98. The normalized spacial score (nSPS) is 15.1. The summed E-state index contributed by atoms with van der Waals surface area (Å²) in [6, 6.07) is 14.2. The van der Waals surface area contributed by atoms with E-state index in [0.29, 0.717) is 32.7 Å². The Balaban J connectivity index is 1.81. The lowest BCUT2D eigenvalue weighted by molar-refractivity contribution is -0.146. The van der Waals surface area contributed by atoms with E-state index in [9.17, 15) is 9.18 Å². The van der Waals surface area contributed by atoms with E-state index in [1.807, 2.05) is 43.0 Å². The van der Waals surface area contributed by atoms with Gasteiger partial charge in [-0.2, -0.15) is 0 Å². The van der Waals surface area contributed by atoms with Crippen LogP contribution in [0, 0.1) is 5.82 Å². The maximum absolute atomic E-state index is 13.7. The summed E-state index contributed by atoms with van der Waals surface area (Å²) in [6.07, 6.45) is 0.653. The van der Waals surface area contributed by atoms with Gasteiger partial charge in [-0.3, -0.25) is 9.69 Å². The van der Waals surface area contributed by atoms with E-state index < -0.39 is 5.54 Å². The average Bonchev–Trinajstić information content (AvgIpc) is 2.78. The van der Waals surface area contributed by atoms with Gasteiger partial charge in [0.15, 0.2) is 0 Å². The van der Waals surface area contributed by atoms with Crippen LogP contribution in [-0.2, 0) is 22.5 Å². The van der Waals surface area contributed by atoms with Gasteiger partial charge in [0.25, 0.3) is 0 Å². The number of benzene rings is 2. The first-order valence-corrected chi connectivity index (χ1v) is 10.4. The molecule has 3 rings (SSSR count). The van der Waals surface area contributed by atoms with Crippen molar-refractivity contribution in [2.75, 3.05) is 40.0 Å². The zero-order valence-corrected chi connectivity index (χ0v) is 18.1. The molecule has 0 N–H and O–H groups in total. The number of ether oxygens (including phenoxy) is 2. The summed E-state index contributed by atoms with van der Waals surface area (Å²) in [5.74, 6) is 0.577. The summed E-state index contributed by atoms with van der Waals surface area (Å²) in [4.78, 5) is 17.8. The second-order valence-electron chi connectivity index (χ2n) is 8.07. The van der Waals surface area contributed by atoms with Crippen molar-refractivity contribution in [2.24, 2.45) is 0 Å². The SMILES string of the molecule is COc1ccccc1CN(CCc1ccc(F)cc1)C(=O)C(C)(C)N1CCOCC1. The van der Waals surface area contributed by atoms with E-state index in [2.05, 4.69) is 4.90 Å². The maximum Gasteiger partial charge on any atom is 0.242 e. The summed E-state index contributed by atoms with van der Waals surface area (Å²) >= 11 is 0. The van der Waals surface area contributed by atoms with Crippen LogP contribution in [0.2, 0.25) is 0 Å². The van der Waals surface area contributed by atoms with E-state index in [4.69, 9.17) is 9.47 Å². The van der Waals surface area contributed by atoms with E-state index in [1.54, 1.807) is 19.2 Å². The molecule has 1 saturated heterocycles. The van der Waals surface area contributed by atoms with Gasteiger partial charge in [-0.1, -0.05) is 30.3 Å². The Morgan fingerprint density at radius 3 is 2.47 bits per heavy atom. The molecule has 0 saturated carbocycles. The van der Waals surface area contributed by atoms with Gasteiger partial charge in [0.2, 0.25) is 5.91 Å². The number of carbonyl (C=O) groups is 1. The molecule has 1 aliphatic rings. The summed E-state index contributed by atoms with van der Waals surface area (Å²) in [6.45, 7) is 7.70. The lowest BCUT2D eigenvalue weighted by Crippen LogP contribution is -2.59. The molecule has 0 aliphatic carbocycles. The molecule has 1 amide bonds. The van der Waals surface area contributed by atoms with Crippen LogP contribution < -0.4 is 4.74 Å². The van der Waals surface area contributed by atoms with Crippen LogP contribution in [0.4, 0.5) is 4.39 Å². The van der Waals surface area contributed by atoms with E-state index in [1.165, 1.54) is 12.1 Å². The van der Waals surface area contributed by atoms with Gasteiger partial charge >= 0.3 is 0 Å². The number of carbonyl (C=O) groups excluding carboxylic acids is 1. The van der Waals surface area contributed by atoms with E-state index in [-0.39, 0.29) is 11.7 Å². The third-order valence-electron chi connectivity index (χ3n) is 5.75. The van der Waals surface area contributed by atoms with Crippen LogP contribution in [0.5, 0.6) is 5.75 Å². The molecule has 1 fully saturated rings. The Morgan fingerprint density at radius 1 is 1.13 bits per heavy atom. The zero-order valence-electron chi connectivity index (χ0n) is 18.1. The Kier molecular flexibility index (Phi) is 7.45. The number of hydrogen-bond acceptors (Lipinski definition) is 4. The van der Waals surface area contributed by atoms with Crippen molar-refractivity contribution in [3.63, 3.8) is 0 Å². The van der Waals surface area contributed by atoms with Crippen LogP contribution in [0.25, 0.3) is 0 Å². The quantitative estimate of drug-likeness (QED) is 0.663. The molecule has 30 heavy (non-hydrogen) atoms. The van der Waals surface area contributed by atoms with E-state index >= 15 is 0 Å². The molecule has 0 unspecified atom stereocenters. The summed E-state index contributed by atoms with van der Waals surface area (Å²) in [5.41, 5.74) is 1.32. The monoisotopic (exact) mass is 414 g/mol. The number of hydrogen-bond donors (Lipinski definition) is 0. The number of nitrogens with zero attached hydrogens (tertiary/aromatic N) is 2. The van der Waals surface area contributed by atoms with Crippen molar-refractivity contribution < 1.29 is 18.7 Å². The van der Waals surface area contributed by atoms with Gasteiger partial charge in [-0.25, -0.2) is 4.39 Å². The Hall–Kier alpha value is -2.44. The van der Waals surface area contributed by atoms with Gasteiger partial charge in [0.05, 0.1) is 25.9 Å². The molecule has 0 spiro atoms. The minimum Gasteiger partial charge on any atom is -0.496 e. The highest BCUT2D eigenvalue weighted by Gasteiger charge is 2.38. The van der Waals surface area contributed by atoms with Gasteiger partial charge < -0.3 is 14.4 Å². The van der Waals surface area contributed by atoms with Crippen LogP contribution in [0.3, 0.4) is 0 Å². The topological polar surface area (TPSA) is 42.0 Å². The number of para-hydroxylation sites is 1. The fourth-order valence-electron chi connectivity index (χ4n) is 3.85. The molecule has 6 heteroatoms. The number of amides is 1. The molecule has 162 valence electrons. The van der Waals surface area contributed by atoms with Crippen molar-refractivity contribution in [1.29, 1.82) is 0 Å². The van der Waals surface area contributed by atoms with Crippen LogP contribution >= 0.6 is 0 Å². The number of halogens is 1. The van der Waals surface area contributed by atoms with Crippen LogP contribution in [0.1, 0.15) is 25.0 Å². The Labute approximate surface area is 178 Å². The lowest BCUT2D eigenvalue weighted by Gasteiger charge is -2.42. The van der Waals surface area contributed by atoms with Crippen molar-refractivity contribution in [1.82, 2.24) is 9.80 Å². The number of rotatable bonds is 8. The summed E-state index contributed by atoms with van der Waals surface area (Å²) in [5, 5.41) is 0. The molecular formula is C24H31FN2O3. The Morgan fingerprint density at radius 2 is 1.80 bits per heavy atom. The first-order valence-electron chi connectivity index (χ1n) is 10.4. The maximum atomic E-state index is 13.7. The zero-order chi connectivity index (χ0) is 21.6. The van der Waals surface area contributed by atoms with Gasteiger partial charge in [-0.05, 0) is 44.0 Å². The number of methoxy groups -OCH3 is 1. The molecular weight excluding hydrogens is 383 g/mol. The van der Waals surface area contributed by atoms with Crippen LogP contribution in [-0.4, -0.2) is 61.2 Å². The highest BCUT2D eigenvalue weighted by molar-refractivity contribution is 5.85. The first-order chi connectivity index (χ1) is 14.4. The molecule has 2 aromatic rings. The predicted molar refractivity (Wildman–Crippen MR) is 115 cm³/mol. The van der Waals surface area contributed by atoms with E-state index in [0.717, 1.165) is 30.0 Å². The van der Waals surface area contributed by atoms with Crippen molar-refractivity contribution >= 4 is 5.91 Å². The molecule has 0 aromatic heterocycles. The molecule has 1 aliphatic heterocycles. The molecule has 1 heterocycles. The van der Waals surface area contributed by atoms with Crippen LogP contribution in [0.15, 0.2) is 48.5 Å². The largest absolute Gasteiger partial charge is 0.496 e. The molecule has 0 bridgehead atoms. The third-order valence-corrected chi connectivity index (χ3v) is 5.75. The highest BCUT2D eigenvalue weighted by Crippen LogP contribution is 2.24. The second-order valence-corrected chi connectivity index (χ2v) is 8.07. The van der Waals surface area contributed by atoms with Gasteiger partial charge in [0.1, 0.15) is 11.6 Å². The summed E-state index contributed by atoms with van der Waals surface area (Å²) < 4.78 is 24.2. The van der Waals surface area contributed by atoms with Gasteiger partial charge in [0, 0.05) is 31.7 Å². The standard InChI is InChI=1S/C24H31FN2O3/c1-24(2,27-14-16-30-17-15-27)23(28)26(13-12-19-8-10-21(25)11-9-19)18-20-6-4-5-7-22(20)29-3/h4-11H,12-18H2,1-3H3. The molecule has 5 nitrogen and oxygen atoms in total. The van der Waals surface area contributed by atoms with Gasteiger partial charge in [-0.15, -0.1) is 0 Å². The van der Waals surface area contributed by atoms with Crippen molar-refractivity contribution in [3.8, 4) is 5.75 Å². The predicted octanol–water partition coefficient (Wildman–Crippen LogP) is 3.52. The smallest absolute Gasteiger partial charge is 0.242 e. The van der Waals surface area contributed by atoms with Crippen molar-refractivity contribution in [3.05, 3.63) is 65.5 Å². The minimum atomic E-state index is -0.644.